The van der Waals surface area contributed by atoms with Crippen LogP contribution < -0.4 is 0 Å². The number of halogens is 1. The highest BCUT2D eigenvalue weighted by Gasteiger charge is 2.23. The Balaban J connectivity index is 2.10. The van der Waals surface area contributed by atoms with Gasteiger partial charge in [0, 0.05) is 19.4 Å². The minimum atomic E-state index is -0.755. The Morgan fingerprint density at radius 3 is 3.14 bits per heavy atom. The third kappa shape index (κ3) is 1.72. The molecule has 1 aliphatic heterocycles. The molecule has 0 saturated heterocycles. The number of aliphatic carboxylic acids is 1. The summed E-state index contributed by atoms with van der Waals surface area (Å²) in [5.41, 5.74) is 0. The lowest BCUT2D eigenvalue weighted by Gasteiger charge is -2.21. The molecule has 0 fully saturated rings. The van der Waals surface area contributed by atoms with E-state index in [1.165, 1.54) is 0 Å². The molecule has 0 amide bonds. The van der Waals surface area contributed by atoms with E-state index in [4.69, 9.17) is 16.7 Å². The maximum atomic E-state index is 10.5. The number of carboxylic acid groups (broad SMARTS) is 1. The second-order valence-electron chi connectivity index (χ2n) is 3.49. The molecule has 0 spiro atoms. The molecule has 1 aromatic heterocycles. The Hall–Kier alpha value is -1.10. The summed E-state index contributed by atoms with van der Waals surface area (Å²) in [4.78, 5) is 10.5. The fraction of sp³-hybridized carbons (Fsp3) is 0.625. The molecule has 6 heteroatoms. The molecule has 1 unspecified atom stereocenters. The van der Waals surface area contributed by atoms with Crippen LogP contribution in [0.15, 0.2) is 0 Å². The van der Waals surface area contributed by atoms with Crippen molar-refractivity contribution in [2.75, 3.05) is 0 Å². The summed E-state index contributed by atoms with van der Waals surface area (Å²) in [6, 6.07) is 0. The van der Waals surface area contributed by atoms with Crippen LogP contribution in [0.25, 0.3) is 0 Å². The number of nitrogens with zero attached hydrogens (tertiary/aromatic N) is 3. The van der Waals surface area contributed by atoms with Gasteiger partial charge in [-0.05, 0) is 23.9 Å². The highest BCUT2D eigenvalue weighted by molar-refractivity contribution is 6.28. The highest BCUT2D eigenvalue weighted by Crippen LogP contribution is 2.24. The van der Waals surface area contributed by atoms with Crippen molar-refractivity contribution in [2.45, 2.75) is 25.8 Å². The van der Waals surface area contributed by atoms with Crippen molar-refractivity contribution in [3.63, 3.8) is 0 Å². The van der Waals surface area contributed by atoms with Crippen molar-refractivity contribution < 1.29 is 9.90 Å². The molecule has 1 N–H and O–H groups in total. The molecule has 14 heavy (non-hydrogen) atoms. The van der Waals surface area contributed by atoms with E-state index >= 15 is 0 Å². The minimum absolute atomic E-state index is 0.167. The van der Waals surface area contributed by atoms with E-state index in [1.807, 2.05) is 4.57 Å². The third-order valence-corrected chi connectivity index (χ3v) is 2.76. The largest absolute Gasteiger partial charge is 0.481 e. The van der Waals surface area contributed by atoms with E-state index in [2.05, 4.69) is 10.2 Å². The molecule has 1 aliphatic rings. The fourth-order valence-electron chi connectivity index (χ4n) is 1.78. The number of rotatable bonds is 2. The van der Waals surface area contributed by atoms with Gasteiger partial charge in [-0.2, -0.15) is 0 Å². The first-order chi connectivity index (χ1) is 6.66. The minimum Gasteiger partial charge on any atom is -0.481 e. The molecular formula is C8H10ClN3O2. The molecule has 5 nitrogen and oxygen atoms in total. The van der Waals surface area contributed by atoms with Crippen molar-refractivity contribution in [1.29, 1.82) is 0 Å². The van der Waals surface area contributed by atoms with Gasteiger partial charge < -0.3 is 9.67 Å². The van der Waals surface area contributed by atoms with Gasteiger partial charge in [-0.1, -0.05) is 0 Å². The lowest BCUT2D eigenvalue weighted by Crippen LogP contribution is -2.21. The van der Waals surface area contributed by atoms with Crippen LogP contribution >= 0.6 is 11.6 Å². The van der Waals surface area contributed by atoms with E-state index in [9.17, 15) is 4.79 Å². The number of carboxylic acids is 1. The molecule has 0 radical (unpaired) electrons. The topological polar surface area (TPSA) is 68.0 Å². The van der Waals surface area contributed by atoms with Gasteiger partial charge >= 0.3 is 5.97 Å². The van der Waals surface area contributed by atoms with Crippen LogP contribution in [-0.2, 0) is 17.8 Å². The quantitative estimate of drug-likeness (QED) is 0.798. The average molecular weight is 216 g/mol. The third-order valence-electron chi connectivity index (χ3n) is 2.48. The van der Waals surface area contributed by atoms with Crippen LogP contribution in [-0.4, -0.2) is 25.8 Å². The predicted molar refractivity (Wildman–Crippen MR) is 49.1 cm³/mol. The molecule has 0 bridgehead atoms. The van der Waals surface area contributed by atoms with Crippen LogP contribution in [0.2, 0.25) is 5.28 Å². The Kier molecular flexibility index (Phi) is 2.41. The summed E-state index contributed by atoms with van der Waals surface area (Å²) in [6.45, 7) is 0.721. The van der Waals surface area contributed by atoms with Gasteiger partial charge in [0.2, 0.25) is 5.28 Å². The van der Waals surface area contributed by atoms with Gasteiger partial charge in [0.05, 0.1) is 0 Å². The standard InChI is InChI=1S/C8H10ClN3O2/c9-8-11-10-6-3-5(4-7(13)14)1-2-12(6)8/h5H,1-4H2,(H,13,14). The number of hydrogen-bond acceptors (Lipinski definition) is 3. The van der Waals surface area contributed by atoms with E-state index in [0.29, 0.717) is 11.7 Å². The first-order valence-corrected chi connectivity index (χ1v) is 4.84. The Morgan fingerprint density at radius 2 is 2.43 bits per heavy atom. The fourth-order valence-corrected chi connectivity index (χ4v) is 2.00. The van der Waals surface area contributed by atoms with Gasteiger partial charge in [-0.15, -0.1) is 10.2 Å². The second-order valence-corrected chi connectivity index (χ2v) is 3.83. The molecule has 2 heterocycles. The summed E-state index contributed by atoms with van der Waals surface area (Å²) < 4.78 is 1.83. The Morgan fingerprint density at radius 1 is 1.64 bits per heavy atom. The molecule has 0 saturated carbocycles. The van der Waals surface area contributed by atoms with Crippen molar-refractivity contribution >= 4 is 17.6 Å². The second kappa shape index (κ2) is 3.57. The van der Waals surface area contributed by atoms with Gasteiger partial charge in [-0.3, -0.25) is 4.79 Å². The average Bonchev–Trinajstić information content (AvgIpc) is 2.46. The predicted octanol–water partition coefficient (Wildman–Crippen LogP) is 0.969. The summed E-state index contributed by atoms with van der Waals surface area (Å²) in [7, 11) is 0. The molecular weight excluding hydrogens is 206 g/mol. The Labute approximate surface area is 85.7 Å². The van der Waals surface area contributed by atoms with Crippen LogP contribution in [0.4, 0.5) is 0 Å². The SMILES string of the molecule is O=C(O)CC1CCn2c(Cl)nnc2C1. The van der Waals surface area contributed by atoms with Crippen molar-refractivity contribution in [1.82, 2.24) is 14.8 Å². The van der Waals surface area contributed by atoms with Gasteiger partial charge in [0.25, 0.3) is 0 Å². The lowest BCUT2D eigenvalue weighted by atomic mass is 9.94. The Bertz CT molecular complexity index is 363. The monoisotopic (exact) mass is 215 g/mol. The van der Waals surface area contributed by atoms with E-state index < -0.39 is 5.97 Å². The van der Waals surface area contributed by atoms with Crippen LogP contribution in [0.3, 0.4) is 0 Å². The van der Waals surface area contributed by atoms with E-state index in [1.54, 1.807) is 0 Å². The highest BCUT2D eigenvalue weighted by atomic mass is 35.5. The number of aromatic nitrogens is 3. The zero-order valence-corrected chi connectivity index (χ0v) is 8.24. The molecule has 0 aromatic carbocycles. The smallest absolute Gasteiger partial charge is 0.303 e. The summed E-state index contributed by atoms with van der Waals surface area (Å²) in [6.07, 6.45) is 1.69. The normalized spacial score (nSPS) is 20.5. The van der Waals surface area contributed by atoms with Crippen molar-refractivity contribution in [2.24, 2.45) is 5.92 Å². The molecule has 1 atom stereocenters. The van der Waals surface area contributed by atoms with E-state index in [0.717, 1.165) is 18.8 Å². The van der Waals surface area contributed by atoms with Crippen LogP contribution in [0, 0.1) is 5.92 Å². The molecule has 0 aliphatic carbocycles. The maximum Gasteiger partial charge on any atom is 0.303 e. The molecule has 76 valence electrons. The maximum absolute atomic E-state index is 10.5. The molecule has 2 rings (SSSR count). The first kappa shape index (κ1) is 9.45. The lowest BCUT2D eigenvalue weighted by molar-refractivity contribution is -0.138. The van der Waals surface area contributed by atoms with Crippen molar-refractivity contribution in [3.05, 3.63) is 11.1 Å². The summed E-state index contributed by atoms with van der Waals surface area (Å²) >= 11 is 5.78. The van der Waals surface area contributed by atoms with Gasteiger partial charge in [0.15, 0.2) is 0 Å². The molecule has 1 aromatic rings. The van der Waals surface area contributed by atoms with Crippen LogP contribution in [0.1, 0.15) is 18.7 Å². The first-order valence-electron chi connectivity index (χ1n) is 4.46. The number of fused-ring (bicyclic) bond motifs is 1. The number of hydrogen-bond donors (Lipinski definition) is 1. The van der Waals surface area contributed by atoms with Crippen LogP contribution in [0.5, 0.6) is 0 Å². The summed E-state index contributed by atoms with van der Waals surface area (Å²) in [5, 5.41) is 16.7. The zero-order chi connectivity index (χ0) is 10.1. The van der Waals surface area contributed by atoms with Crippen molar-refractivity contribution in [3.8, 4) is 0 Å². The van der Waals surface area contributed by atoms with E-state index in [-0.39, 0.29) is 12.3 Å². The number of carbonyl (C=O) groups is 1. The van der Waals surface area contributed by atoms with Gasteiger partial charge in [0.1, 0.15) is 5.82 Å². The van der Waals surface area contributed by atoms with Gasteiger partial charge in [-0.25, -0.2) is 0 Å². The zero-order valence-electron chi connectivity index (χ0n) is 7.48. The summed E-state index contributed by atoms with van der Waals surface area (Å²) in [5.74, 6) is 0.210.